The highest BCUT2D eigenvalue weighted by Crippen LogP contribution is 1.96. The molecule has 1 aromatic heterocycles. The van der Waals surface area contributed by atoms with Crippen LogP contribution >= 0.6 is 0 Å². The van der Waals surface area contributed by atoms with Gasteiger partial charge in [-0.05, 0) is 0 Å². The second kappa shape index (κ2) is 2.84. The highest BCUT2D eigenvalue weighted by atomic mass is 16.2. The van der Waals surface area contributed by atoms with E-state index in [2.05, 4.69) is 4.98 Å². The lowest BCUT2D eigenvalue weighted by molar-refractivity contribution is 0.770. The lowest BCUT2D eigenvalue weighted by Crippen LogP contribution is -2.35. The molecule has 0 fully saturated rings. The Bertz CT molecular complexity index is 388. The molecule has 0 saturated carbocycles. The quantitative estimate of drug-likeness (QED) is 0.595. The third-order valence-corrected chi connectivity index (χ3v) is 1.64. The average molecular weight is 169 g/mol. The zero-order valence-electron chi connectivity index (χ0n) is 7.29. The van der Waals surface area contributed by atoms with Gasteiger partial charge in [0.15, 0.2) is 0 Å². The first-order valence-corrected chi connectivity index (χ1v) is 3.50. The van der Waals surface area contributed by atoms with Crippen molar-refractivity contribution in [1.82, 2.24) is 9.55 Å². The molecule has 0 atom stereocenters. The first-order valence-electron chi connectivity index (χ1n) is 3.50. The van der Waals surface area contributed by atoms with Gasteiger partial charge in [0.1, 0.15) is 5.69 Å². The number of anilines is 1. The molecule has 5 heteroatoms. The van der Waals surface area contributed by atoms with E-state index in [0.717, 1.165) is 4.57 Å². The monoisotopic (exact) mass is 169 g/mol. The molecule has 1 N–H and O–H groups in total. The molecule has 0 aliphatic carbocycles. The van der Waals surface area contributed by atoms with Crippen LogP contribution in [0.1, 0.15) is 0 Å². The third kappa shape index (κ3) is 1.25. The summed E-state index contributed by atoms with van der Waals surface area (Å²) in [4.78, 5) is 26.3. The molecule has 0 aliphatic rings. The van der Waals surface area contributed by atoms with E-state index < -0.39 is 5.69 Å². The average Bonchev–Trinajstić information content (AvgIpc) is 2.00. The van der Waals surface area contributed by atoms with Gasteiger partial charge in [0, 0.05) is 27.3 Å². The van der Waals surface area contributed by atoms with Crippen molar-refractivity contribution in [2.45, 2.75) is 0 Å². The van der Waals surface area contributed by atoms with Gasteiger partial charge in [0.05, 0.1) is 0 Å². The Balaban J connectivity index is 3.48. The third-order valence-electron chi connectivity index (χ3n) is 1.64. The van der Waals surface area contributed by atoms with Crippen LogP contribution in [-0.2, 0) is 7.05 Å². The van der Waals surface area contributed by atoms with E-state index in [1.54, 1.807) is 19.0 Å². The maximum Gasteiger partial charge on any atom is 0.328 e. The number of aromatic nitrogens is 2. The predicted octanol–water partition coefficient (Wildman–Crippen LogP) is -0.860. The number of hydrogen-bond acceptors (Lipinski definition) is 3. The normalized spacial score (nSPS) is 9.92. The minimum atomic E-state index is -0.398. The molecular weight excluding hydrogens is 158 g/mol. The molecule has 0 amide bonds. The van der Waals surface area contributed by atoms with Crippen molar-refractivity contribution in [3.8, 4) is 0 Å². The van der Waals surface area contributed by atoms with Gasteiger partial charge in [0.2, 0.25) is 0 Å². The fraction of sp³-hybridized carbons (Fsp3) is 0.429. The molecule has 0 radical (unpaired) electrons. The minimum Gasteiger partial charge on any atom is -0.372 e. The van der Waals surface area contributed by atoms with Crippen LogP contribution in [0.5, 0.6) is 0 Å². The zero-order valence-corrected chi connectivity index (χ0v) is 7.29. The summed E-state index contributed by atoms with van der Waals surface area (Å²) in [5.74, 6) is 0. The van der Waals surface area contributed by atoms with E-state index in [0.29, 0.717) is 5.69 Å². The summed E-state index contributed by atoms with van der Waals surface area (Å²) >= 11 is 0. The molecule has 66 valence electrons. The first kappa shape index (κ1) is 8.58. The molecule has 1 rings (SSSR count). The number of nitrogens with one attached hydrogen (secondary N) is 1. The van der Waals surface area contributed by atoms with Crippen molar-refractivity contribution in [3.05, 3.63) is 27.0 Å². The van der Waals surface area contributed by atoms with Gasteiger partial charge in [-0.15, -0.1) is 0 Å². The standard InChI is InChI=1S/C7H11N3O2/c1-9(2)5-4-8-7(12)10(3)6(5)11/h4H,1-3H3,(H,8,12). The summed E-state index contributed by atoms with van der Waals surface area (Å²) in [6.07, 6.45) is 1.41. The number of rotatable bonds is 1. The van der Waals surface area contributed by atoms with E-state index >= 15 is 0 Å². The molecule has 5 nitrogen and oxygen atoms in total. The van der Waals surface area contributed by atoms with Gasteiger partial charge in [-0.25, -0.2) is 4.79 Å². The van der Waals surface area contributed by atoms with Crippen molar-refractivity contribution >= 4 is 5.69 Å². The Morgan fingerprint density at radius 3 is 2.50 bits per heavy atom. The molecular formula is C7H11N3O2. The van der Waals surface area contributed by atoms with Gasteiger partial charge in [-0.2, -0.15) is 0 Å². The maximum absolute atomic E-state index is 11.3. The highest BCUT2D eigenvalue weighted by molar-refractivity contribution is 5.39. The van der Waals surface area contributed by atoms with Crippen LogP contribution in [0.15, 0.2) is 15.8 Å². The second-order valence-electron chi connectivity index (χ2n) is 2.74. The van der Waals surface area contributed by atoms with Crippen LogP contribution in [0.25, 0.3) is 0 Å². The van der Waals surface area contributed by atoms with Crippen molar-refractivity contribution in [1.29, 1.82) is 0 Å². The summed E-state index contributed by atoms with van der Waals surface area (Å²) < 4.78 is 1.04. The fourth-order valence-corrected chi connectivity index (χ4v) is 0.873. The van der Waals surface area contributed by atoms with Crippen LogP contribution in [0.4, 0.5) is 5.69 Å². The van der Waals surface area contributed by atoms with Crippen molar-refractivity contribution in [2.24, 2.45) is 7.05 Å². The highest BCUT2D eigenvalue weighted by Gasteiger charge is 2.04. The van der Waals surface area contributed by atoms with Crippen LogP contribution in [0.3, 0.4) is 0 Å². The van der Waals surface area contributed by atoms with E-state index in [1.807, 2.05) is 0 Å². The fourth-order valence-electron chi connectivity index (χ4n) is 0.873. The summed E-state index contributed by atoms with van der Waals surface area (Å²) in [7, 11) is 4.93. The summed E-state index contributed by atoms with van der Waals surface area (Å²) in [6.45, 7) is 0. The predicted molar refractivity (Wildman–Crippen MR) is 46.6 cm³/mol. The SMILES string of the molecule is CN(C)c1c[nH]c(=O)n(C)c1=O. The summed E-state index contributed by atoms with van der Waals surface area (Å²) in [6, 6.07) is 0. The lowest BCUT2D eigenvalue weighted by Gasteiger charge is -2.10. The molecule has 0 aliphatic heterocycles. The summed E-state index contributed by atoms with van der Waals surface area (Å²) in [5.41, 5.74) is -0.216. The van der Waals surface area contributed by atoms with Crippen LogP contribution < -0.4 is 16.1 Å². The number of aromatic amines is 1. The molecule has 0 aromatic carbocycles. The van der Waals surface area contributed by atoms with E-state index in [1.165, 1.54) is 13.2 Å². The molecule has 0 bridgehead atoms. The zero-order chi connectivity index (χ0) is 9.30. The van der Waals surface area contributed by atoms with Gasteiger partial charge in [-0.1, -0.05) is 0 Å². The Kier molecular flexibility index (Phi) is 2.03. The van der Waals surface area contributed by atoms with Gasteiger partial charge >= 0.3 is 5.69 Å². The molecule has 0 unspecified atom stereocenters. The van der Waals surface area contributed by atoms with Gasteiger partial charge < -0.3 is 9.88 Å². The van der Waals surface area contributed by atoms with Crippen molar-refractivity contribution in [3.63, 3.8) is 0 Å². The Hall–Kier alpha value is -1.52. The van der Waals surface area contributed by atoms with E-state index in [9.17, 15) is 9.59 Å². The lowest BCUT2D eigenvalue weighted by atomic mass is 10.5. The van der Waals surface area contributed by atoms with Gasteiger partial charge in [0.25, 0.3) is 5.56 Å². The Morgan fingerprint density at radius 1 is 1.42 bits per heavy atom. The molecule has 1 heterocycles. The van der Waals surface area contributed by atoms with E-state index in [-0.39, 0.29) is 5.56 Å². The maximum atomic E-state index is 11.3. The summed E-state index contributed by atoms with van der Waals surface area (Å²) in [5, 5.41) is 0. The van der Waals surface area contributed by atoms with E-state index in [4.69, 9.17) is 0 Å². The van der Waals surface area contributed by atoms with Crippen LogP contribution in [-0.4, -0.2) is 23.6 Å². The molecule has 0 spiro atoms. The van der Waals surface area contributed by atoms with Crippen LogP contribution in [0.2, 0.25) is 0 Å². The Morgan fingerprint density at radius 2 is 2.00 bits per heavy atom. The minimum absolute atomic E-state index is 0.288. The van der Waals surface area contributed by atoms with Crippen molar-refractivity contribution < 1.29 is 0 Å². The molecule has 1 aromatic rings. The number of H-pyrrole nitrogens is 1. The number of hydrogen-bond donors (Lipinski definition) is 1. The second-order valence-corrected chi connectivity index (χ2v) is 2.74. The topological polar surface area (TPSA) is 58.1 Å². The van der Waals surface area contributed by atoms with Crippen molar-refractivity contribution in [2.75, 3.05) is 19.0 Å². The van der Waals surface area contributed by atoms with Crippen LogP contribution in [0, 0.1) is 0 Å². The molecule has 12 heavy (non-hydrogen) atoms. The van der Waals surface area contributed by atoms with Gasteiger partial charge in [-0.3, -0.25) is 9.36 Å². The molecule has 0 saturated heterocycles. The smallest absolute Gasteiger partial charge is 0.328 e. The Labute approximate surface area is 69.3 Å². The number of nitrogens with zero attached hydrogens (tertiary/aromatic N) is 2. The first-order chi connectivity index (χ1) is 5.54. The largest absolute Gasteiger partial charge is 0.372 e.